The summed E-state index contributed by atoms with van der Waals surface area (Å²) in [6.45, 7) is 0. The molecular formula is C36H24NOP. The largest absolute Gasteiger partial charge is 0.309 e. The predicted molar refractivity (Wildman–Crippen MR) is 165 cm³/mol. The third-order valence-electron chi connectivity index (χ3n) is 7.99. The van der Waals surface area contributed by atoms with Crippen LogP contribution in [0, 0.1) is 0 Å². The maximum Gasteiger partial charge on any atom is 0.172 e. The van der Waals surface area contributed by atoms with E-state index in [0.717, 1.165) is 54.5 Å². The summed E-state index contributed by atoms with van der Waals surface area (Å²) in [4.78, 5) is 0. The van der Waals surface area contributed by atoms with Gasteiger partial charge in [-0.15, -0.1) is 0 Å². The van der Waals surface area contributed by atoms with E-state index in [2.05, 4.69) is 95.6 Å². The monoisotopic (exact) mass is 517 g/mol. The van der Waals surface area contributed by atoms with Gasteiger partial charge in [0.15, 0.2) is 7.14 Å². The molecule has 7 aromatic rings. The van der Waals surface area contributed by atoms with Crippen molar-refractivity contribution >= 4 is 44.9 Å². The van der Waals surface area contributed by atoms with Gasteiger partial charge < -0.3 is 9.13 Å². The predicted octanol–water partition coefficient (Wildman–Crippen LogP) is 8.07. The number of fused-ring (bicyclic) bond motifs is 6. The van der Waals surface area contributed by atoms with Crippen LogP contribution in [0.15, 0.2) is 146 Å². The number of rotatable bonds is 3. The van der Waals surface area contributed by atoms with Crippen LogP contribution in [0.5, 0.6) is 0 Å². The van der Waals surface area contributed by atoms with Crippen molar-refractivity contribution in [1.82, 2.24) is 4.57 Å². The molecule has 0 saturated carbocycles. The highest BCUT2D eigenvalue weighted by Crippen LogP contribution is 2.53. The lowest BCUT2D eigenvalue weighted by atomic mass is 10.0. The molecule has 0 amide bonds. The van der Waals surface area contributed by atoms with Crippen LogP contribution in [0.1, 0.15) is 0 Å². The van der Waals surface area contributed by atoms with Gasteiger partial charge in [-0.1, -0.05) is 115 Å². The van der Waals surface area contributed by atoms with Gasteiger partial charge in [0, 0.05) is 32.4 Å². The first-order valence-electron chi connectivity index (χ1n) is 13.2. The summed E-state index contributed by atoms with van der Waals surface area (Å²) in [6.07, 6.45) is 0. The Labute approximate surface area is 227 Å². The number of aromatic nitrogens is 1. The summed E-state index contributed by atoms with van der Waals surface area (Å²) in [7, 11) is -3.00. The van der Waals surface area contributed by atoms with Crippen molar-refractivity contribution in [2.24, 2.45) is 0 Å². The molecule has 1 unspecified atom stereocenters. The van der Waals surface area contributed by atoms with Crippen molar-refractivity contribution in [2.75, 3.05) is 0 Å². The molecule has 2 nitrogen and oxygen atoms in total. The lowest BCUT2D eigenvalue weighted by molar-refractivity contribution is 0.593. The minimum Gasteiger partial charge on any atom is -0.309 e. The molecule has 0 N–H and O–H groups in total. The Morgan fingerprint density at radius 1 is 0.462 bits per heavy atom. The minimum absolute atomic E-state index is 0.884. The van der Waals surface area contributed by atoms with Crippen molar-refractivity contribution in [2.45, 2.75) is 0 Å². The number of hydrogen-bond donors (Lipinski definition) is 0. The molecule has 0 saturated heterocycles. The molecule has 6 aromatic carbocycles. The zero-order valence-corrected chi connectivity index (χ0v) is 22.1. The first-order chi connectivity index (χ1) is 19.2. The van der Waals surface area contributed by atoms with Gasteiger partial charge in [-0.2, -0.15) is 0 Å². The standard InChI is InChI=1S/C36H24NOP/c38-39(28-16-5-2-6-17-28)35-21-10-8-19-30(35)32-23-34-31(24-36(32)39)29-18-7-9-20-33(29)37(34)27-15-11-14-26(22-27)25-12-3-1-4-13-25/h1-24H. The molecule has 1 atom stereocenters. The minimum atomic E-state index is -3.00. The van der Waals surface area contributed by atoms with E-state index in [9.17, 15) is 0 Å². The first kappa shape index (κ1) is 22.3. The molecule has 184 valence electrons. The highest BCUT2D eigenvalue weighted by Gasteiger charge is 2.40. The Hall–Kier alpha value is -4.65. The van der Waals surface area contributed by atoms with Crippen molar-refractivity contribution in [3.05, 3.63) is 146 Å². The first-order valence-corrected chi connectivity index (χ1v) is 14.9. The molecule has 0 radical (unpaired) electrons. The Morgan fingerprint density at radius 2 is 1.15 bits per heavy atom. The lowest BCUT2D eigenvalue weighted by Crippen LogP contribution is -2.20. The summed E-state index contributed by atoms with van der Waals surface area (Å²) >= 11 is 0. The Kier molecular flexibility index (Phi) is 4.83. The van der Waals surface area contributed by atoms with Gasteiger partial charge in [-0.3, -0.25) is 0 Å². The van der Waals surface area contributed by atoms with Crippen LogP contribution in [-0.4, -0.2) is 4.57 Å². The van der Waals surface area contributed by atoms with Gasteiger partial charge in [0.2, 0.25) is 0 Å². The fourth-order valence-electron chi connectivity index (χ4n) is 6.24. The van der Waals surface area contributed by atoms with Gasteiger partial charge in [0.05, 0.1) is 11.0 Å². The summed E-state index contributed by atoms with van der Waals surface area (Å²) < 4.78 is 17.5. The number of hydrogen-bond acceptors (Lipinski definition) is 1. The maximum absolute atomic E-state index is 15.1. The second-order valence-corrected chi connectivity index (χ2v) is 12.8. The second-order valence-electron chi connectivity index (χ2n) is 10.1. The fraction of sp³-hybridized carbons (Fsp3) is 0. The molecular weight excluding hydrogens is 493 g/mol. The molecule has 39 heavy (non-hydrogen) atoms. The highest BCUT2D eigenvalue weighted by molar-refractivity contribution is 7.86. The molecule has 3 heteroatoms. The molecule has 2 heterocycles. The van der Waals surface area contributed by atoms with Crippen LogP contribution in [0.3, 0.4) is 0 Å². The Balaban J connectivity index is 1.45. The number of benzene rings is 6. The van der Waals surface area contributed by atoms with Gasteiger partial charge >= 0.3 is 0 Å². The van der Waals surface area contributed by atoms with Crippen LogP contribution in [-0.2, 0) is 4.57 Å². The van der Waals surface area contributed by atoms with E-state index in [1.54, 1.807) is 0 Å². The molecule has 0 spiro atoms. The van der Waals surface area contributed by atoms with Crippen LogP contribution < -0.4 is 15.9 Å². The molecule has 1 aliphatic rings. The van der Waals surface area contributed by atoms with Crippen molar-refractivity contribution < 1.29 is 4.57 Å². The van der Waals surface area contributed by atoms with Crippen molar-refractivity contribution in [3.63, 3.8) is 0 Å². The van der Waals surface area contributed by atoms with Crippen LogP contribution >= 0.6 is 7.14 Å². The maximum atomic E-state index is 15.1. The molecule has 0 aliphatic carbocycles. The van der Waals surface area contributed by atoms with Crippen LogP contribution in [0.4, 0.5) is 0 Å². The molecule has 1 aliphatic heterocycles. The zero-order chi connectivity index (χ0) is 26.0. The van der Waals surface area contributed by atoms with E-state index in [0.29, 0.717) is 0 Å². The smallest absolute Gasteiger partial charge is 0.172 e. The van der Waals surface area contributed by atoms with E-state index in [1.807, 2.05) is 54.6 Å². The van der Waals surface area contributed by atoms with Gasteiger partial charge in [-0.25, -0.2) is 0 Å². The van der Waals surface area contributed by atoms with E-state index in [-0.39, 0.29) is 0 Å². The molecule has 0 bridgehead atoms. The second kappa shape index (κ2) is 8.43. The summed E-state index contributed by atoms with van der Waals surface area (Å²) in [5, 5.41) is 5.04. The topological polar surface area (TPSA) is 22.0 Å². The summed E-state index contributed by atoms with van der Waals surface area (Å²) in [6, 6.07) is 50.4. The SMILES string of the molecule is O=P1(c2ccccc2)c2ccccc2-c2cc3c(cc21)c1ccccc1n3-c1cccc(-c2ccccc2)c1. The third kappa shape index (κ3) is 3.19. The van der Waals surface area contributed by atoms with Gasteiger partial charge in [0.25, 0.3) is 0 Å². The number of para-hydroxylation sites is 1. The Bertz CT molecular complexity index is 2090. The van der Waals surface area contributed by atoms with Crippen LogP contribution in [0.25, 0.3) is 49.7 Å². The van der Waals surface area contributed by atoms with E-state index >= 15 is 4.57 Å². The quantitative estimate of drug-likeness (QED) is 0.217. The zero-order valence-electron chi connectivity index (χ0n) is 21.2. The average Bonchev–Trinajstić information content (AvgIpc) is 3.47. The average molecular weight is 518 g/mol. The molecule has 1 aromatic heterocycles. The van der Waals surface area contributed by atoms with Crippen LogP contribution in [0.2, 0.25) is 0 Å². The molecule has 0 fully saturated rings. The van der Waals surface area contributed by atoms with Crippen molar-refractivity contribution in [1.29, 1.82) is 0 Å². The highest BCUT2D eigenvalue weighted by atomic mass is 31.2. The van der Waals surface area contributed by atoms with Gasteiger partial charge in [0.1, 0.15) is 0 Å². The van der Waals surface area contributed by atoms with E-state index < -0.39 is 7.14 Å². The van der Waals surface area contributed by atoms with Crippen molar-refractivity contribution in [3.8, 4) is 27.9 Å². The normalized spacial score (nSPS) is 15.9. The number of nitrogens with zero attached hydrogens (tertiary/aromatic N) is 1. The van der Waals surface area contributed by atoms with Gasteiger partial charge in [-0.05, 0) is 52.6 Å². The van der Waals surface area contributed by atoms with E-state index in [1.165, 1.54) is 11.1 Å². The lowest BCUT2D eigenvalue weighted by Gasteiger charge is -2.16. The Morgan fingerprint density at radius 3 is 2.00 bits per heavy atom. The fourth-order valence-corrected chi connectivity index (χ4v) is 9.31. The summed E-state index contributed by atoms with van der Waals surface area (Å²) in [5.74, 6) is 0. The third-order valence-corrected chi connectivity index (χ3v) is 11.1. The molecule has 8 rings (SSSR count). The summed E-state index contributed by atoms with van der Waals surface area (Å²) in [5.41, 5.74) is 7.88. The van der Waals surface area contributed by atoms with E-state index in [4.69, 9.17) is 0 Å².